The van der Waals surface area contributed by atoms with E-state index in [1.165, 1.54) is 11.1 Å². The van der Waals surface area contributed by atoms with Crippen molar-refractivity contribution in [3.63, 3.8) is 0 Å². The molecule has 0 unspecified atom stereocenters. The molecule has 134 valence electrons. The second-order valence-electron chi connectivity index (χ2n) is 7.58. The Morgan fingerprint density at radius 2 is 1.96 bits per heavy atom. The number of nitrogens with zero attached hydrogens (tertiary/aromatic N) is 1. The third-order valence-electron chi connectivity index (χ3n) is 5.64. The number of aliphatic hydroxyl groups is 1. The molecule has 2 aliphatic heterocycles. The zero-order chi connectivity index (χ0) is 17.0. The minimum absolute atomic E-state index is 0.239. The molecular weight excluding hydrogens is 302 g/mol. The predicted octanol–water partition coefficient (Wildman–Crippen LogP) is 2.42. The van der Waals surface area contributed by atoms with Crippen LogP contribution >= 0.6 is 0 Å². The molecule has 4 nitrogen and oxygen atoms in total. The van der Waals surface area contributed by atoms with Crippen molar-refractivity contribution in [1.29, 1.82) is 0 Å². The summed E-state index contributed by atoms with van der Waals surface area (Å²) < 4.78 is 11.2. The summed E-state index contributed by atoms with van der Waals surface area (Å²) in [6.45, 7) is 6.17. The van der Waals surface area contributed by atoms with Crippen LogP contribution in [0.15, 0.2) is 24.3 Å². The molecule has 2 aliphatic rings. The van der Waals surface area contributed by atoms with Crippen molar-refractivity contribution < 1.29 is 14.6 Å². The fourth-order valence-corrected chi connectivity index (χ4v) is 4.03. The van der Waals surface area contributed by atoms with Crippen LogP contribution in [0.3, 0.4) is 0 Å². The molecule has 0 spiro atoms. The minimum Gasteiger partial charge on any atom is -0.388 e. The van der Waals surface area contributed by atoms with Crippen LogP contribution in [0, 0.1) is 12.8 Å². The summed E-state index contributed by atoms with van der Waals surface area (Å²) in [5, 5.41) is 10.7. The molecule has 0 bridgehead atoms. The summed E-state index contributed by atoms with van der Waals surface area (Å²) >= 11 is 0. The fraction of sp³-hybridized carbons (Fsp3) is 0.700. The number of ether oxygens (including phenoxy) is 2. The maximum atomic E-state index is 10.7. The SMILES string of the molecule is CO[C@@H]1CN(CC2(O)CCOCC2)CC[C@@H]1Cc1ccc(C)cc1. The van der Waals surface area contributed by atoms with E-state index < -0.39 is 5.60 Å². The van der Waals surface area contributed by atoms with Gasteiger partial charge in [-0.3, -0.25) is 4.90 Å². The van der Waals surface area contributed by atoms with Crippen molar-refractivity contribution in [3.8, 4) is 0 Å². The number of likely N-dealkylation sites (tertiary alicyclic amines) is 1. The van der Waals surface area contributed by atoms with Gasteiger partial charge in [0.1, 0.15) is 0 Å². The number of hydrogen-bond donors (Lipinski definition) is 1. The van der Waals surface area contributed by atoms with E-state index in [4.69, 9.17) is 9.47 Å². The van der Waals surface area contributed by atoms with Gasteiger partial charge in [0.2, 0.25) is 0 Å². The Balaban J connectivity index is 1.56. The van der Waals surface area contributed by atoms with E-state index in [9.17, 15) is 5.11 Å². The molecule has 1 N–H and O–H groups in total. The highest BCUT2D eigenvalue weighted by Gasteiger charge is 2.36. The van der Waals surface area contributed by atoms with Gasteiger partial charge in [-0.2, -0.15) is 0 Å². The van der Waals surface area contributed by atoms with Crippen molar-refractivity contribution in [1.82, 2.24) is 4.90 Å². The quantitative estimate of drug-likeness (QED) is 0.898. The average Bonchev–Trinajstić information content (AvgIpc) is 2.58. The third-order valence-corrected chi connectivity index (χ3v) is 5.64. The lowest BCUT2D eigenvalue weighted by Crippen LogP contribution is -2.53. The molecule has 2 fully saturated rings. The van der Waals surface area contributed by atoms with E-state index in [1.54, 1.807) is 0 Å². The lowest BCUT2D eigenvalue weighted by Gasteiger charge is -2.42. The van der Waals surface area contributed by atoms with Gasteiger partial charge in [0.25, 0.3) is 0 Å². The van der Waals surface area contributed by atoms with E-state index >= 15 is 0 Å². The van der Waals surface area contributed by atoms with Crippen LogP contribution in [0.25, 0.3) is 0 Å². The summed E-state index contributed by atoms with van der Waals surface area (Å²) in [7, 11) is 1.82. The van der Waals surface area contributed by atoms with Gasteiger partial charge in [-0.05, 0) is 37.8 Å². The zero-order valence-electron chi connectivity index (χ0n) is 15.0. The van der Waals surface area contributed by atoms with Crippen molar-refractivity contribution in [3.05, 3.63) is 35.4 Å². The van der Waals surface area contributed by atoms with E-state index in [0.717, 1.165) is 45.3 Å². The number of piperidine rings is 1. The Bertz CT molecular complexity index is 510. The highest BCUT2D eigenvalue weighted by Crippen LogP contribution is 2.28. The summed E-state index contributed by atoms with van der Waals surface area (Å²) in [6.07, 6.45) is 3.93. The molecule has 1 aromatic carbocycles. The van der Waals surface area contributed by atoms with Crippen LogP contribution in [0.4, 0.5) is 0 Å². The van der Waals surface area contributed by atoms with Crippen molar-refractivity contribution in [2.45, 2.75) is 44.3 Å². The molecule has 3 rings (SSSR count). The van der Waals surface area contributed by atoms with Crippen LogP contribution < -0.4 is 0 Å². The minimum atomic E-state index is -0.583. The standard InChI is InChI=1S/C20H31NO3/c1-16-3-5-17(6-4-16)13-18-7-10-21(14-19(18)23-2)15-20(22)8-11-24-12-9-20/h3-6,18-19,22H,7-15H2,1-2H3/t18-,19-/m1/s1. The second kappa shape index (κ2) is 7.96. The van der Waals surface area contributed by atoms with Crippen LogP contribution in [0.2, 0.25) is 0 Å². The summed E-state index contributed by atoms with van der Waals surface area (Å²) in [5.41, 5.74) is 2.12. The average molecular weight is 333 g/mol. The zero-order valence-corrected chi connectivity index (χ0v) is 15.0. The Kier molecular flexibility index (Phi) is 5.93. The van der Waals surface area contributed by atoms with Crippen LogP contribution in [-0.2, 0) is 15.9 Å². The highest BCUT2D eigenvalue weighted by atomic mass is 16.5. The lowest BCUT2D eigenvalue weighted by atomic mass is 9.86. The Hall–Kier alpha value is -0.940. The third kappa shape index (κ3) is 4.57. The molecule has 2 heterocycles. The second-order valence-corrected chi connectivity index (χ2v) is 7.58. The topological polar surface area (TPSA) is 41.9 Å². The normalized spacial score (nSPS) is 28.0. The first kappa shape index (κ1) is 17.9. The number of β-amino-alcohol motifs (C(OH)–C–C–N with tert-alkyl or cyclic N) is 1. The predicted molar refractivity (Wildman–Crippen MR) is 95.2 cm³/mol. The molecule has 4 heteroatoms. The number of benzene rings is 1. The van der Waals surface area contributed by atoms with E-state index in [-0.39, 0.29) is 6.10 Å². The first-order valence-corrected chi connectivity index (χ1v) is 9.19. The first-order valence-electron chi connectivity index (χ1n) is 9.19. The lowest BCUT2D eigenvalue weighted by molar-refractivity contribution is -0.0954. The van der Waals surface area contributed by atoms with Gasteiger partial charge in [0.15, 0.2) is 0 Å². The van der Waals surface area contributed by atoms with Gasteiger partial charge in [-0.25, -0.2) is 0 Å². The number of methoxy groups -OCH3 is 1. The van der Waals surface area contributed by atoms with Crippen LogP contribution in [0.5, 0.6) is 0 Å². The smallest absolute Gasteiger partial charge is 0.0817 e. The molecule has 0 aromatic heterocycles. The molecule has 0 saturated carbocycles. The Morgan fingerprint density at radius 3 is 2.62 bits per heavy atom. The van der Waals surface area contributed by atoms with E-state index in [0.29, 0.717) is 19.1 Å². The van der Waals surface area contributed by atoms with Gasteiger partial charge < -0.3 is 14.6 Å². The first-order chi connectivity index (χ1) is 11.6. The molecule has 2 saturated heterocycles. The molecule has 0 amide bonds. The van der Waals surface area contributed by atoms with Crippen LogP contribution in [-0.4, -0.2) is 61.7 Å². The molecule has 0 aliphatic carbocycles. The molecule has 1 aromatic rings. The largest absolute Gasteiger partial charge is 0.388 e. The van der Waals surface area contributed by atoms with Crippen molar-refractivity contribution in [2.24, 2.45) is 5.92 Å². The Labute approximate surface area is 145 Å². The van der Waals surface area contributed by atoms with Gasteiger partial charge in [0.05, 0.1) is 11.7 Å². The monoisotopic (exact) mass is 333 g/mol. The molecule has 2 atom stereocenters. The number of hydrogen-bond acceptors (Lipinski definition) is 4. The van der Waals surface area contributed by atoms with Gasteiger partial charge >= 0.3 is 0 Å². The number of aryl methyl sites for hydroxylation is 1. The maximum absolute atomic E-state index is 10.7. The summed E-state index contributed by atoms with van der Waals surface area (Å²) in [6, 6.07) is 8.85. The van der Waals surface area contributed by atoms with E-state index in [1.807, 2.05) is 7.11 Å². The van der Waals surface area contributed by atoms with Gasteiger partial charge in [-0.15, -0.1) is 0 Å². The van der Waals surface area contributed by atoms with Crippen LogP contribution in [0.1, 0.15) is 30.4 Å². The van der Waals surface area contributed by atoms with Gasteiger partial charge in [-0.1, -0.05) is 29.8 Å². The van der Waals surface area contributed by atoms with E-state index in [2.05, 4.69) is 36.1 Å². The highest BCUT2D eigenvalue weighted by molar-refractivity contribution is 5.22. The summed E-state index contributed by atoms with van der Waals surface area (Å²) in [5.74, 6) is 0.554. The van der Waals surface area contributed by atoms with Gasteiger partial charge in [0, 0.05) is 46.3 Å². The summed E-state index contributed by atoms with van der Waals surface area (Å²) in [4.78, 5) is 2.38. The fourth-order valence-electron chi connectivity index (χ4n) is 4.03. The number of rotatable bonds is 5. The van der Waals surface area contributed by atoms with Crippen molar-refractivity contribution >= 4 is 0 Å². The molecular formula is C20H31NO3. The molecule has 24 heavy (non-hydrogen) atoms. The Morgan fingerprint density at radius 1 is 1.25 bits per heavy atom. The maximum Gasteiger partial charge on any atom is 0.0817 e. The molecule has 0 radical (unpaired) electrons. The van der Waals surface area contributed by atoms with Crippen molar-refractivity contribution in [2.75, 3.05) is 40.0 Å².